The zero-order valence-electron chi connectivity index (χ0n) is 21.1. The second-order valence-corrected chi connectivity index (χ2v) is 10.2. The van der Waals surface area contributed by atoms with E-state index in [4.69, 9.17) is 9.47 Å². The van der Waals surface area contributed by atoms with Gasteiger partial charge < -0.3 is 24.3 Å². The van der Waals surface area contributed by atoms with Crippen LogP contribution in [-0.4, -0.2) is 54.3 Å². The van der Waals surface area contributed by atoms with E-state index in [-0.39, 0.29) is 47.4 Å². The zero-order valence-corrected chi connectivity index (χ0v) is 21.1. The number of anilines is 1. The molecule has 0 radical (unpaired) electrons. The molecule has 9 nitrogen and oxygen atoms in total. The van der Waals surface area contributed by atoms with Crippen molar-refractivity contribution in [2.45, 2.75) is 71.1 Å². The molecule has 0 bridgehead atoms. The number of alkyl carbamates (subject to hydrolysis) is 1. The fourth-order valence-electron chi connectivity index (χ4n) is 4.76. The van der Waals surface area contributed by atoms with Crippen LogP contribution in [0, 0.1) is 5.82 Å². The Bertz CT molecular complexity index is 1260. The van der Waals surface area contributed by atoms with Gasteiger partial charge in [-0.1, -0.05) is 0 Å². The highest BCUT2D eigenvalue weighted by molar-refractivity contribution is 6.04. The van der Waals surface area contributed by atoms with Crippen molar-refractivity contribution in [2.24, 2.45) is 0 Å². The van der Waals surface area contributed by atoms with Gasteiger partial charge in [0.05, 0.1) is 28.8 Å². The molecule has 0 spiro atoms. The molecular weight excluding hydrogens is 469 g/mol. The molecule has 2 heterocycles. The number of aromatic nitrogens is 1. The smallest absolute Gasteiger partial charge is 0.407 e. The quantitative estimate of drug-likeness (QED) is 0.452. The van der Waals surface area contributed by atoms with Gasteiger partial charge in [-0.15, -0.1) is 0 Å². The van der Waals surface area contributed by atoms with Crippen molar-refractivity contribution in [3.63, 3.8) is 0 Å². The van der Waals surface area contributed by atoms with Crippen LogP contribution in [0.1, 0.15) is 80.1 Å². The number of hydrogen-bond acceptors (Lipinski definition) is 7. The van der Waals surface area contributed by atoms with Gasteiger partial charge >= 0.3 is 12.1 Å². The molecule has 1 N–H and O–H groups in total. The molecule has 1 aliphatic carbocycles. The number of benzene rings is 1. The number of ether oxygens (including phenoxy) is 2. The van der Waals surface area contributed by atoms with E-state index >= 15 is 4.39 Å². The number of halogens is 1. The number of amides is 1. The van der Waals surface area contributed by atoms with Gasteiger partial charge in [0.25, 0.3) is 0 Å². The molecule has 36 heavy (non-hydrogen) atoms. The van der Waals surface area contributed by atoms with Gasteiger partial charge in [-0.25, -0.2) is 14.0 Å². The van der Waals surface area contributed by atoms with Gasteiger partial charge in [0.2, 0.25) is 5.43 Å². The Hall–Kier alpha value is -3.43. The number of carbonyl (C=O) groups excluding carboxylic acids is 3. The van der Waals surface area contributed by atoms with Crippen LogP contribution in [0.15, 0.2) is 17.1 Å². The van der Waals surface area contributed by atoms with Gasteiger partial charge in [-0.2, -0.15) is 0 Å². The number of fused-ring (bicyclic) bond motifs is 1. The monoisotopic (exact) mass is 501 g/mol. The second kappa shape index (κ2) is 9.91. The van der Waals surface area contributed by atoms with E-state index in [1.54, 1.807) is 37.2 Å². The molecule has 1 atom stereocenters. The number of nitrogens with zero attached hydrogens (tertiary/aromatic N) is 2. The molecule has 2 aromatic rings. The van der Waals surface area contributed by atoms with Crippen LogP contribution in [0.25, 0.3) is 10.9 Å². The Labute approximate surface area is 208 Å². The summed E-state index contributed by atoms with van der Waals surface area (Å²) in [4.78, 5) is 52.0. The van der Waals surface area contributed by atoms with E-state index < -0.39 is 28.9 Å². The van der Waals surface area contributed by atoms with Crippen molar-refractivity contribution < 1.29 is 28.2 Å². The van der Waals surface area contributed by atoms with E-state index in [2.05, 4.69) is 5.32 Å². The Morgan fingerprint density at radius 3 is 2.58 bits per heavy atom. The van der Waals surface area contributed by atoms with Crippen molar-refractivity contribution in [2.75, 3.05) is 24.6 Å². The molecule has 1 aromatic carbocycles. The maximum atomic E-state index is 15.6. The Balaban J connectivity index is 1.78. The van der Waals surface area contributed by atoms with Crippen LogP contribution < -0.4 is 15.6 Å². The summed E-state index contributed by atoms with van der Waals surface area (Å²) in [5, 5.41) is 2.71. The molecule has 1 amide bonds. The minimum atomic E-state index is -0.774. The third-order valence-corrected chi connectivity index (χ3v) is 6.38. The van der Waals surface area contributed by atoms with Crippen LogP contribution in [0.2, 0.25) is 0 Å². The lowest BCUT2D eigenvalue weighted by Gasteiger charge is -2.30. The minimum absolute atomic E-state index is 0.00139. The molecule has 2 aliphatic rings. The molecule has 194 valence electrons. The first-order valence-electron chi connectivity index (χ1n) is 12.3. The van der Waals surface area contributed by atoms with Gasteiger partial charge in [0.1, 0.15) is 17.0 Å². The van der Waals surface area contributed by atoms with Crippen LogP contribution >= 0.6 is 0 Å². The van der Waals surface area contributed by atoms with Crippen molar-refractivity contribution in [3.05, 3.63) is 39.4 Å². The predicted octanol–water partition coefficient (Wildman–Crippen LogP) is 3.96. The van der Waals surface area contributed by atoms with E-state index in [1.165, 1.54) is 6.20 Å². The minimum Gasteiger partial charge on any atom is -0.462 e. The summed E-state index contributed by atoms with van der Waals surface area (Å²) in [6.07, 6.45) is 4.49. The third-order valence-electron chi connectivity index (χ3n) is 6.38. The number of hydrogen-bond donors (Lipinski definition) is 1. The molecular formula is C26H32FN3O6. The lowest BCUT2D eigenvalue weighted by atomic mass is 10.0. The number of rotatable bonds is 7. The molecule has 1 unspecified atom stereocenters. The number of carbonyl (C=O) groups is 3. The van der Waals surface area contributed by atoms with Crippen molar-refractivity contribution in [1.82, 2.24) is 9.88 Å². The highest BCUT2D eigenvalue weighted by atomic mass is 19.1. The Morgan fingerprint density at radius 2 is 1.97 bits per heavy atom. The van der Waals surface area contributed by atoms with Crippen molar-refractivity contribution in [1.29, 1.82) is 0 Å². The normalized spacial score (nSPS) is 17.8. The highest BCUT2D eigenvalue weighted by Gasteiger charge is 2.34. The Kier molecular flexibility index (Phi) is 7.06. The summed E-state index contributed by atoms with van der Waals surface area (Å²) >= 11 is 0. The summed E-state index contributed by atoms with van der Waals surface area (Å²) in [7, 11) is 0. The van der Waals surface area contributed by atoms with E-state index in [1.807, 2.05) is 0 Å². The first kappa shape index (κ1) is 25.7. The van der Waals surface area contributed by atoms with E-state index in [0.717, 1.165) is 25.3 Å². The van der Waals surface area contributed by atoms with Gasteiger partial charge in [-0.3, -0.25) is 9.59 Å². The maximum absolute atomic E-state index is 15.6. The first-order valence-corrected chi connectivity index (χ1v) is 12.3. The van der Waals surface area contributed by atoms with E-state index in [9.17, 15) is 19.2 Å². The van der Waals surface area contributed by atoms with Crippen LogP contribution in [0.4, 0.5) is 14.9 Å². The molecule has 1 saturated carbocycles. The SMILES string of the molecule is CCOC(=O)c1cn(C2CC2)c2c(C=O)c(N3CCCC3CNC(=O)OC(C)(C)C)c(F)cc2c1=O. The summed E-state index contributed by atoms with van der Waals surface area (Å²) in [5.41, 5.74) is -1.02. The van der Waals surface area contributed by atoms with Crippen LogP contribution in [-0.2, 0) is 9.47 Å². The number of aldehydes is 1. The predicted molar refractivity (Wildman–Crippen MR) is 132 cm³/mol. The Morgan fingerprint density at radius 1 is 1.25 bits per heavy atom. The molecule has 2 fully saturated rings. The first-order chi connectivity index (χ1) is 17.1. The summed E-state index contributed by atoms with van der Waals surface area (Å²) < 4.78 is 27.7. The van der Waals surface area contributed by atoms with Gasteiger partial charge in [-0.05, 0) is 59.4 Å². The van der Waals surface area contributed by atoms with Gasteiger partial charge in [0.15, 0.2) is 6.29 Å². The average Bonchev–Trinajstić information content (AvgIpc) is 3.54. The largest absolute Gasteiger partial charge is 0.462 e. The van der Waals surface area contributed by atoms with Crippen LogP contribution in [0.5, 0.6) is 0 Å². The fraction of sp³-hybridized carbons (Fsp3) is 0.538. The molecule has 1 saturated heterocycles. The average molecular weight is 502 g/mol. The zero-order chi connectivity index (χ0) is 26.2. The van der Waals surface area contributed by atoms with Crippen LogP contribution in [0.3, 0.4) is 0 Å². The number of pyridine rings is 1. The summed E-state index contributed by atoms with van der Waals surface area (Å²) in [5.74, 6) is -1.50. The topological polar surface area (TPSA) is 107 Å². The molecule has 4 rings (SSSR count). The molecule has 10 heteroatoms. The fourth-order valence-corrected chi connectivity index (χ4v) is 4.76. The summed E-state index contributed by atoms with van der Waals surface area (Å²) in [6, 6.07) is 0.850. The lowest BCUT2D eigenvalue weighted by molar-refractivity contribution is 0.0514. The standard InChI is InChI=1S/C26H32FN3O6/c1-5-35-24(33)18-13-30(15-8-9-15)21-17(23(18)32)11-20(27)22(19(21)14-31)29-10-6-7-16(29)12-28-25(34)36-26(2,3)4/h11,13-16H,5-10,12H2,1-4H3,(H,28,34). The summed E-state index contributed by atoms with van der Waals surface area (Å²) in [6.45, 7) is 7.73. The lowest BCUT2D eigenvalue weighted by Crippen LogP contribution is -2.42. The number of nitrogens with one attached hydrogen (secondary N) is 1. The maximum Gasteiger partial charge on any atom is 0.407 e. The highest BCUT2D eigenvalue weighted by Crippen LogP contribution is 2.41. The number of esters is 1. The van der Waals surface area contributed by atoms with Crippen molar-refractivity contribution in [3.8, 4) is 0 Å². The second-order valence-electron chi connectivity index (χ2n) is 10.2. The van der Waals surface area contributed by atoms with Crippen molar-refractivity contribution >= 4 is 34.9 Å². The molecule has 1 aromatic heterocycles. The molecule has 1 aliphatic heterocycles. The van der Waals surface area contributed by atoms with Gasteiger partial charge in [0, 0.05) is 31.4 Å². The van der Waals surface area contributed by atoms with E-state index in [0.29, 0.717) is 24.8 Å². The third kappa shape index (κ3) is 5.08.